The van der Waals surface area contributed by atoms with Gasteiger partial charge in [0.1, 0.15) is 10.5 Å². The van der Waals surface area contributed by atoms with Crippen molar-refractivity contribution >= 4 is 34.5 Å². The van der Waals surface area contributed by atoms with Crippen LogP contribution in [0.4, 0.5) is 24.0 Å². The van der Waals surface area contributed by atoms with Crippen LogP contribution in [0.25, 0.3) is 21.7 Å². The maximum atomic E-state index is 14.3. The molecular weight excluding hydrogens is 461 g/mol. The number of rotatable bonds is 4. The molecule has 3 aromatic rings. The van der Waals surface area contributed by atoms with Crippen molar-refractivity contribution in [1.82, 2.24) is 14.9 Å². The molecule has 1 amide bonds. The summed E-state index contributed by atoms with van der Waals surface area (Å²) in [7, 11) is 1.36. The van der Waals surface area contributed by atoms with Gasteiger partial charge in [0.05, 0.1) is 28.8 Å². The summed E-state index contributed by atoms with van der Waals surface area (Å²) in [6, 6.07) is 0.988. The van der Waals surface area contributed by atoms with E-state index in [1.807, 2.05) is 0 Å². The van der Waals surface area contributed by atoms with Crippen molar-refractivity contribution in [3.8, 4) is 10.6 Å². The number of thiazole rings is 1. The molecule has 0 radical (unpaired) electrons. The molecule has 1 aromatic carbocycles. The topological polar surface area (TPSA) is 91.9 Å². The zero-order valence-corrected chi connectivity index (χ0v) is 18.8. The molecule has 8 nitrogen and oxygen atoms in total. The quantitative estimate of drug-likeness (QED) is 0.572. The van der Waals surface area contributed by atoms with E-state index in [4.69, 9.17) is 9.15 Å². The van der Waals surface area contributed by atoms with Gasteiger partial charge in [0.2, 0.25) is 0 Å². The molecule has 176 valence electrons. The zero-order valence-electron chi connectivity index (χ0n) is 18.0. The van der Waals surface area contributed by atoms with Crippen LogP contribution in [0.15, 0.2) is 22.1 Å². The summed E-state index contributed by atoms with van der Waals surface area (Å²) in [6.07, 6.45) is -3.41. The number of benzene rings is 1. The van der Waals surface area contributed by atoms with Gasteiger partial charge >= 0.3 is 12.3 Å². The van der Waals surface area contributed by atoms with Gasteiger partial charge in [0.15, 0.2) is 5.58 Å². The number of fused-ring (bicyclic) bond motifs is 3. The Morgan fingerprint density at radius 1 is 1.30 bits per heavy atom. The number of halogens is 3. The van der Waals surface area contributed by atoms with Gasteiger partial charge < -0.3 is 19.2 Å². The normalized spacial score (nSPS) is 20.9. The molecule has 2 atom stereocenters. The molecule has 3 saturated heterocycles. The van der Waals surface area contributed by atoms with E-state index in [-0.39, 0.29) is 34.8 Å². The van der Waals surface area contributed by atoms with Crippen molar-refractivity contribution in [1.29, 1.82) is 0 Å². The fourth-order valence-corrected chi connectivity index (χ4v) is 5.32. The molecule has 0 aliphatic carbocycles. The Bertz CT molecular complexity index is 1210. The second kappa shape index (κ2) is 7.32. The lowest BCUT2D eigenvalue weighted by molar-refractivity contribution is -0.139. The highest BCUT2D eigenvalue weighted by atomic mass is 32.1. The SMILES string of the molecule is COC(C)(C)c1cc(-c2nccs2)c2oc(N3CC4CC(C3)N4C(=O)O)nc2c1C(F)(F)F. The molecule has 6 rings (SSSR count). The fraction of sp³-hybridized carbons (Fsp3) is 0.476. The number of aromatic nitrogens is 2. The number of piperidine rings is 1. The molecule has 3 aliphatic rings. The van der Waals surface area contributed by atoms with Gasteiger partial charge in [0, 0.05) is 31.8 Å². The molecule has 12 heteroatoms. The number of carboxylic acid groups (broad SMARTS) is 1. The molecule has 0 spiro atoms. The number of carbonyl (C=O) groups is 1. The predicted octanol–water partition coefficient (Wildman–Crippen LogP) is 4.79. The Hall–Kier alpha value is -2.86. The third kappa shape index (κ3) is 3.43. The first-order valence-electron chi connectivity index (χ1n) is 10.3. The number of alkyl halides is 3. The predicted molar refractivity (Wildman–Crippen MR) is 114 cm³/mol. The standard InChI is InChI=1S/C21H21F3N4O4S/c1-20(2,31-3)13-7-12(17-25-4-5-33-17)16-15(14(13)21(22,23)24)26-18(32-16)27-8-10-6-11(9-27)28(10)19(29)30/h4-5,7,10-11H,6,8-9H2,1-3H3,(H,29,30). The first-order chi connectivity index (χ1) is 15.5. The number of hydrogen-bond donors (Lipinski definition) is 1. The molecule has 2 bridgehead atoms. The number of amides is 1. The Morgan fingerprint density at radius 3 is 2.55 bits per heavy atom. The van der Waals surface area contributed by atoms with Crippen molar-refractivity contribution in [3.05, 3.63) is 28.8 Å². The van der Waals surface area contributed by atoms with Crippen LogP contribution in [-0.2, 0) is 16.5 Å². The number of oxazole rings is 1. The average molecular weight is 482 g/mol. The summed E-state index contributed by atoms with van der Waals surface area (Å²) in [5.41, 5.74) is -2.13. The van der Waals surface area contributed by atoms with Gasteiger partial charge in [-0.05, 0) is 31.9 Å². The first kappa shape index (κ1) is 22.0. The van der Waals surface area contributed by atoms with Crippen molar-refractivity contribution in [2.24, 2.45) is 0 Å². The first-order valence-corrected chi connectivity index (χ1v) is 11.2. The summed E-state index contributed by atoms with van der Waals surface area (Å²) < 4.78 is 54.4. The summed E-state index contributed by atoms with van der Waals surface area (Å²) in [4.78, 5) is 23.1. The van der Waals surface area contributed by atoms with Crippen LogP contribution in [0.2, 0.25) is 0 Å². The summed E-state index contributed by atoms with van der Waals surface area (Å²) >= 11 is 1.28. The highest BCUT2D eigenvalue weighted by Crippen LogP contribution is 2.47. The third-order valence-electron chi connectivity index (χ3n) is 6.45. The monoisotopic (exact) mass is 482 g/mol. The number of methoxy groups -OCH3 is 1. The lowest BCUT2D eigenvalue weighted by atomic mass is 9.88. The van der Waals surface area contributed by atoms with Crippen LogP contribution < -0.4 is 4.90 Å². The largest absolute Gasteiger partial charge is 0.465 e. The maximum Gasteiger partial charge on any atom is 0.419 e. The molecule has 0 saturated carbocycles. The Balaban J connectivity index is 1.70. The van der Waals surface area contributed by atoms with Gasteiger partial charge in [-0.15, -0.1) is 11.3 Å². The zero-order chi connectivity index (χ0) is 23.7. The fourth-order valence-electron chi connectivity index (χ4n) is 4.67. The second-order valence-corrected chi connectivity index (χ2v) is 9.60. The summed E-state index contributed by atoms with van der Waals surface area (Å²) in [5, 5.41) is 11.6. The van der Waals surface area contributed by atoms with E-state index >= 15 is 0 Å². The summed E-state index contributed by atoms with van der Waals surface area (Å²) in [5.74, 6) is 0. The van der Waals surface area contributed by atoms with Crippen molar-refractivity contribution < 1.29 is 32.2 Å². The Morgan fingerprint density at radius 2 is 2.00 bits per heavy atom. The average Bonchev–Trinajstić information content (AvgIpc) is 3.41. The highest BCUT2D eigenvalue weighted by molar-refractivity contribution is 7.13. The van der Waals surface area contributed by atoms with Crippen molar-refractivity contribution in [3.63, 3.8) is 0 Å². The van der Waals surface area contributed by atoms with Crippen molar-refractivity contribution in [2.75, 3.05) is 25.1 Å². The third-order valence-corrected chi connectivity index (χ3v) is 7.25. The van der Waals surface area contributed by atoms with Gasteiger partial charge in [-0.25, -0.2) is 9.78 Å². The van der Waals surface area contributed by atoms with E-state index < -0.39 is 23.4 Å². The number of hydrogen-bond acceptors (Lipinski definition) is 7. The lowest BCUT2D eigenvalue weighted by Gasteiger charge is -2.54. The van der Waals surface area contributed by atoms with E-state index in [0.717, 1.165) is 0 Å². The molecule has 2 aromatic heterocycles. The summed E-state index contributed by atoms with van der Waals surface area (Å²) in [6.45, 7) is 3.74. The second-order valence-electron chi connectivity index (χ2n) is 8.71. The molecule has 33 heavy (non-hydrogen) atoms. The molecule has 1 N–H and O–H groups in total. The van der Waals surface area contributed by atoms with E-state index in [9.17, 15) is 23.1 Å². The number of ether oxygens (including phenoxy) is 1. The van der Waals surface area contributed by atoms with E-state index in [0.29, 0.717) is 30.1 Å². The number of anilines is 1. The minimum atomic E-state index is -4.71. The van der Waals surface area contributed by atoms with Crippen LogP contribution in [0.1, 0.15) is 31.4 Å². The molecule has 2 unspecified atom stereocenters. The molecule has 5 heterocycles. The van der Waals surface area contributed by atoms with E-state index in [2.05, 4.69) is 9.97 Å². The van der Waals surface area contributed by atoms with Gasteiger partial charge in [-0.3, -0.25) is 4.90 Å². The van der Waals surface area contributed by atoms with Crippen LogP contribution in [-0.4, -0.2) is 58.4 Å². The van der Waals surface area contributed by atoms with Gasteiger partial charge in [-0.2, -0.15) is 18.2 Å². The number of piperazine rings is 1. The van der Waals surface area contributed by atoms with Crippen molar-refractivity contribution in [2.45, 2.75) is 44.1 Å². The van der Waals surface area contributed by atoms with Crippen LogP contribution in [0.5, 0.6) is 0 Å². The Kier molecular flexibility index (Phi) is 4.87. The van der Waals surface area contributed by atoms with Gasteiger partial charge in [0.25, 0.3) is 6.01 Å². The minimum absolute atomic E-state index is 0.00253. The smallest absolute Gasteiger partial charge is 0.419 e. The Labute approximate surface area is 190 Å². The lowest BCUT2D eigenvalue weighted by Crippen LogP contribution is -2.70. The molecular formula is C21H21F3N4O4S. The minimum Gasteiger partial charge on any atom is -0.465 e. The molecule has 3 fully saturated rings. The van der Waals surface area contributed by atoms with Crippen LogP contribution >= 0.6 is 11.3 Å². The highest BCUT2D eigenvalue weighted by Gasteiger charge is 2.49. The van der Waals surface area contributed by atoms with Crippen LogP contribution in [0, 0.1) is 0 Å². The van der Waals surface area contributed by atoms with Crippen LogP contribution in [0.3, 0.4) is 0 Å². The van der Waals surface area contributed by atoms with E-state index in [1.54, 1.807) is 30.3 Å². The van der Waals surface area contributed by atoms with E-state index in [1.165, 1.54) is 29.4 Å². The number of nitrogens with zero attached hydrogens (tertiary/aromatic N) is 4. The molecule has 3 aliphatic heterocycles. The van der Waals surface area contributed by atoms with Gasteiger partial charge in [-0.1, -0.05) is 0 Å². The maximum absolute atomic E-state index is 14.3.